The molecule has 10 aliphatic rings. The van der Waals surface area contributed by atoms with Crippen LogP contribution in [-0.4, -0.2) is 53.4 Å². The van der Waals surface area contributed by atoms with Crippen molar-refractivity contribution in [3.8, 4) is 24.3 Å². The van der Waals surface area contributed by atoms with E-state index in [1.165, 1.54) is 81.9 Å². The number of rotatable bonds is 10. The average Bonchev–Trinajstić information content (AvgIpc) is 0.712. The first-order valence-corrected chi connectivity index (χ1v) is 38.7. The number of nitriles is 4. The minimum absolute atomic E-state index is 0.0638. The second-order valence-electron chi connectivity index (χ2n) is 32.6. The second-order valence-corrected chi connectivity index (χ2v) is 32.6. The zero-order chi connectivity index (χ0) is 81.1. The fraction of sp³-hybridized carbons (Fsp3) is 0.340. The van der Waals surface area contributed by atoms with Crippen LogP contribution in [-0.2, 0) is 53.4 Å². The summed E-state index contributed by atoms with van der Waals surface area (Å²) in [6, 6.07) is 29.8. The Morgan fingerprint density at radius 3 is 1.02 bits per heavy atom. The van der Waals surface area contributed by atoms with Crippen molar-refractivity contribution in [1.29, 1.82) is 21.0 Å². The first-order valence-electron chi connectivity index (χ1n) is 38.7. The molecule has 0 bridgehead atoms. The Morgan fingerprint density at radius 1 is 0.407 bits per heavy atom. The Kier molecular flexibility index (Phi) is 24.8. The lowest BCUT2D eigenvalue weighted by atomic mass is 9.69. The third-order valence-corrected chi connectivity index (χ3v) is 22.3. The van der Waals surface area contributed by atoms with Gasteiger partial charge in [0.1, 0.15) is 46.1 Å². The first-order chi connectivity index (χ1) is 54.0. The van der Waals surface area contributed by atoms with Crippen LogP contribution in [0.15, 0.2) is 225 Å². The van der Waals surface area contributed by atoms with Crippen LogP contribution in [0, 0.1) is 71.6 Å². The summed E-state index contributed by atoms with van der Waals surface area (Å²) in [5, 5.41) is 36.6. The molecule has 0 aliphatic carbocycles. The number of allylic oxidation sites excluding steroid dienone is 24. The van der Waals surface area contributed by atoms with Crippen molar-refractivity contribution < 1.29 is 18.9 Å². The van der Waals surface area contributed by atoms with Crippen LogP contribution in [0.3, 0.4) is 0 Å². The van der Waals surface area contributed by atoms with E-state index in [1.807, 2.05) is 119 Å². The molecule has 14 rings (SSSR count). The zero-order valence-electron chi connectivity index (χ0n) is 67.6. The standard InChI is InChI=1S/C28H31N3O.C27H29N3O.C23H21N3O.C19H17N3O/c1-7-21-16-20(25(18-29)30-6)17-22(32-21)9-8-19-14-23-26-24(15-19)28(4,5)11-13-31(26)12-10-27(23,2)3;1-18-13-20(24(17-28)29-6)16-21(31-18)8-7-19-14-22-25-23(15-19)27(4,5)10-12-30(25)11-9-26(22,2)3;1-16-11-20(22(15-24)25-2)14-21(27-16)8-7-17-12-18-5-3-9-26-10-4-6-19(13-17)23(18)26;1-14-11-16(19(13-20)21-2)12-18(23-14)10-7-15-5-8-17(9-6-15)22(3)4/h8-9,14-17H,7,10-13H2,1-5H3;7-8,13-16H,9-12H2,1-5H3;7-8,11-14H,3-6,9-10H2,1H3;5-12H,1,3-4H3/b9-8+,25-20-;8-7+,24-20-;8-7+,22-20-;10-7+,19-16-. The second kappa shape index (κ2) is 34.5. The maximum atomic E-state index is 9.28. The van der Waals surface area contributed by atoms with Gasteiger partial charge in [-0.05, 0) is 293 Å². The van der Waals surface area contributed by atoms with Gasteiger partial charge in [-0.1, -0.05) is 98.8 Å². The topological polar surface area (TPSA) is 162 Å². The van der Waals surface area contributed by atoms with E-state index >= 15 is 0 Å². The highest BCUT2D eigenvalue weighted by Gasteiger charge is 2.42. The fourth-order valence-corrected chi connectivity index (χ4v) is 15.9. The molecule has 0 fully saturated rings. The number of benzene rings is 4. The molecule has 0 unspecified atom stereocenters. The van der Waals surface area contributed by atoms with Gasteiger partial charge < -0.3 is 38.5 Å². The van der Waals surface area contributed by atoms with Crippen molar-refractivity contribution in [1.82, 2.24) is 0 Å². The van der Waals surface area contributed by atoms with Crippen molar-refractivity contribution in [2.45, 2.75) is 163 Å². The van der Waals surface area contributed by atoms with Gasteiger partial charge in [-0.2, -0.15) is 0 Å². The molecule has 0 amide bonds. The Morgan fingerprint density at radius 2 is 0.708 bits per heavy atom. The van der Waals surface area contributed by atoms with E-state index in [0.717, 1.165) is 92.8 Å². The molecule has 0 atom stereocenters. The quantitative estimate of drug-likeness (QED) is 0.109. The number of aryl methyl sites for hydroxylation is 2. The Hall–Kier alpha value is -13.0. The third kappa shape index (κ3) is 18.7. The van der Waals surface area contributed by atoms with E-state index in [9.17, 15) is 10.5 Å². The minimum Gasteiger partial charge on any atom is -0.462 e. The lowest BCUT2D eigenvalue weighted by Crippen LogP contribution is -2.44. The molecule has 0 radical (unpaired) electrons. The van der Waals surface area contributed by atoms with E-state index in [0.29, 0.717) is 69.0 Å². The van der Waals surface area contributed by atoms with Crippen LogP contribution >= 0.6 is 0 Å². The molecular formula is C97H98N12O4. The fourth-order valence-electron chi connectivity index (χ4n) is 15.9. The molecule has 10 aliphatic heterocycles. The average molecular weight is 1500 g/mol. The minimum atomic E-state index is 0.0638. The van der Waals surface area contributed by atoms with Crippen molar-refractivity contribution in [2.75, 3.05) is 73.0 Å². The molecule has 4 aromatic carbocycles. The largest absolute Gasteiger partial charge is 0.462 e. The SMILES string of the molecule is [C-]#[N+]/C(C#N)=C1/C=C(C)OC(/C=C/c2cc3c4c(c2)C(C)(C)CCN4CCC3(C)C)=C1.[C-]#[N+]/C(C#N)=C1/C=C(C)OC(/C=C/c2cc3c4c(c2)CCCN4CCC3)=C1.[C-]#[N+]/C(C#N)=C1/C=C(C)OC(/C=C/c2ccc(N(C)C)cc2)=C1.[C-]#[N+]/C(C#N)=C1C=C(/C=C/c2cc3c4c(c2)C(C)(C)CCN4CCC3(C)C)OC(CC)=C\1. The molecule has 16 nitrogen and oxygen atoms in total. The summed E-state index contributed by atoms with van der Waals surface area (Å²) in [6.07, 6.45) is 39.9. The van der Waals surface area contributed by atoms with E-state index in [2.05, 4.69) is 144 Å². The van der Waals surface area contributed by atoms with Crippen LogP contribution in [0.2, 0.25) is 0 Å². The van der Waals surface area contributed by atoms with E-state index < -0.39 is 0 Å². The summed E-state index contributed by atoms with van der Waals surface area (Å²) in [5.41, 5.74) is 21.9. The van der Waals surface area contributed by atoms with Crippen LogP contribution in [0.25, 0.3) is 43.7 Å². The summed E-state index contributed by atoms with van der Waals surface area (Å²) in [7, 11) is 4.00. The van der Waals surface area contributed by atoms with Gasteiger partial charge >= 0.3 is 0 Å². The van der Waals surface area contributed by atoms with Gasteiger partial charge in [-0.15, -0.1) is 0 Å². The molecule has 0 saturated carbocycles. The highest BCUT2D eigenvalue weighted by atomic mass is 16.5. The predicted octanol–water partition coefficient (Wildman–Crippen LogP) is 22.4. The number of ether oxygens (including phenoxy) is 4. The first kappa shape index (κ1) is 81.0. The summed E-state index contributed by atoms with van der Waals surface area (Å²) < 4.78 is 23.2. The molecule has 10 heterocycles. The molecule has 0 aromatic heterocycles. The number of nitrogens with zero attached hydrogens (tertiary/aromatic N) is 12. The number of hydrogen-bond acceptors (Lipinski definition) is 12. The third-order valence-electron chi connectivity index (χ3n) is 22.3. The van der Waals surface area contributed by atoms with Gasteiger partial charge in [0, 0.05) is 82.5 Å². The van der Waals surface area contributed by atoms with E-state index in [4.69, 9.17) is 55.8 Å². The Labute approximate surface area is 669 Å². The van der Waals surface area contributed by atoms with Crippen LogP contribution in [0.1, 0.15) is 184 Å². The molecule has 0 spiro atoms. The molecule has 4 aromatic rings. The monoisotopic (exact) mass is 1490 g/mol. The molecule has 16 heteroatoms. The smallest absolute Gasteiger partial charge is 0.269 e. The van der Waals surface area contributed by atoms with Gasteiger partial charge in [0.25, 0.3) is 22.8 Å². The van der Waals surface area contributed by atoms with Crippen LogP contribution in [0.4, 0.5) is 22.7 Å². The van der Waals surface area contributed by atoms with Crippen molar-refractivity contribution in [3.05, 3.63) is 326 Å². The van der Waals surface area contributed by atoms with Gasteiger partial charge in [0.15, 0.2) is 0 Å². The lowest BCUT2D eigenvalue weighted by Gasteiger charge is -2.48. The molecule has 0 saturated heterocycles. The van der Waals surface area contributed by atoms with E-state index in [-0.39, 0.29) is 44.4 Å². The summed E-state index contributed by atoms with van der Waals surface area (Å²) in [4.78, 5) is 23.0. The predicted molar refractivity (Wildman–Crippen MR) is 453 cm³/mol. The maximum absolute atomic E-state index is 9.28. The summed E-state index contributed by atoms with van der Waals surface area (Å²) >= 11 is 0. The van der Waals surface area contributed by atoms with Gasteiger partial charge in [-0.3, -0.25) is 0 Å². The Balaban J connectivity index is 0.000000150. The Bertz CT molecular complexity index is 5260. The van der Waals surface area contributed by atoms with Crippen LogP contribution < -0.4 is 19.6 Å². The molecule has 113 heavy (non-hydrogen) atoms. The van der Waals surface area contributed by atoms with E-state index in [1.54, 1.807) is 55.5 Å². The summed E-state index contributed by atoms with van der Waals surface area (Å²) in [6.45, 7) is 61.8. The lowest BCUT2D eigenvalue weighted by molar-refractivity contribution is 0.304. The number of hydrogen-bond donors (Lipinski definition) is 0. The molecular weight excluding hydrogens is 1400 g/mol. The summed E-state index contributed by atoms with van der Waals surface area (Å²) in [5.74, 6) is 5.31. The van der Waals surface area contributed by atoms with Crippen molar-refractivity contribution in [2.24, 2.45) is 0 Å². The molecule has 0 N–H and O–H groups in total. The number of anilines is 4. The zero-order valence-corrected chi connectivity index (χ0v) is 67.6. The van der Waals surface area contributed by atoms with Crippen LogP contribution in [0.5, 0.6) is 0 Å². The van der Waals surface area contributed by atoms with Crippen molar-refractivity contribution >= 4 is 47.1 Å². The highest BCUT2D eigenvalue weighted by molar-refractivity contribution is 5.75. The molecule has 570 valence electrons. The normalized spacial score (nSPS) is 20.5. The van der Waals surface area contributed by atoms with Gasteiger partial charge in [0.2, 0.25) is 0 Å². The highest BCUT2D eigenvalue weighted by Crippen LogP contribution is 2.52. The van der Waals surface area contributed by atoms with Gasteiger partial charge in [-0.25, -0.2) is 40.4 Å². The maximum Gasteiger partial charge on any atom is 0.269 e. The van der Waals surface area contributed by atoms with Crippen molar-refractivity contribution in [3.63, 3.8) is 0 Å². The van der Waals surface area contributed by atoms with Gasteiger partial charge in [0.05, 0.1) is 50.6 Å².